The Morgan fingerprint density at radius 2 is 2.04 bits per heavy atom. The van der Waals surface area contributed by atoms with Crippen LogP contribution in [-0.2, 0) is 4.79 Å². The van der Waals surface area contributed by atoms with E-state index in [-0.39, 0.29) is 17.9 Å². The Balaban J connectivity index is 1.79. The van der Waals surface area contributed by atoms with E-state index in [0.717, 1.165) is 23.8 Å². The van der Waals surface area contributed by atoms with Crippen LogP contribution in [0.2, 0.25) is 0 Å². The number of hydrogen-bond donors (Lipinski definition) is 2. The van der Waals surface area contributed by atoms with Crippen LogP contribution >= 0.6 is 0 Å². The average molecular weight is 356 g/mol. The van der Waals surface area contributed by atoms with Crippen molar-refractivity contribution in [1.82, 2.24) is 20.1 Å². The van der Waals surface area contributed by atoms with Gasteiger partial charge in [0.2, 0.25) is 5.91 Å². The van der Waals surface area contributed by atoms with E-state index in [9.17, 15) is 9.90 Å². The average Bonchev–Trinajstić information content (AvgIpc) is 2.99. The van der Waals surface area contributed by atoms with Gasteiger partial charge in [-0.05, 0) is 44.2 Å². The highest BCUT2D eigenvalue weighted by Crippen LogP contribution is 2.33. The molecule has 0 spiro atoms. The van der Waals surface area contributed by atoms with E-state index < -0.39 is 6.10 Å². The van der Waals surface area contributed by atoms with E-state index in [2.05, 4.69) is 15.4 Å². The molecule has 1 aliphatic rings. The number of para-hydroxylation sites is 1. The summed E-state index contributed by atoms with van der Waals surface area (Å²) in [4.78, 5) is 16.8. The number of aliphatic hydroxyl groups excluding tert-OH is 1. The van der Waals surface area contributed by atoms with Crippen LogP contribution in [0.3, 0.4) is 0 Å². The zero-order valence-electron chi connectivity index (χ0n) is 15.7. The highest BCUT2D eigenvalue weighted by Gasteiger charge is 2.33. The number of aromatic nitrogens is 3. The van der Waals surface area contributed by atoms with Crippen molar-refractivity contribution in [3.63, 3.8) is 0 Å². The fourth-order valence-electron chi connectivity index (χ4n) is 3.64. The number of nitrogens with one attached hydrogen (secondary N) is 1. The molecular weight excluding hydrogens is 328 g/mol. The zero-order chi connectivity index (χ0) is 18.7. The van der Waals surface area contributed by atoms with Crippen molar-refractivity contribution in [3.05, 3.63) is 42.0 Å². The monoisotopic (exact) mass is 356 g/mol. The SMILES string of the molecule is Cc1nc([C@H]2CC[C@@H](O)[C@H](NC(=O)CC(C)C)C2)n(-c2ccccc2)n1. The lowest BCUT2D eigenvalue weighted by Gasteiger charge is -2.33. The molecule has 1 fully saturated rings. The number of amides is 1. The normalized spacial score (nSPS) is 23.2. The summed E-state index contributed by atoms with van der Waals surface area (Å²) in [5.41, 5.74) is 0.981. The molecule has 2 N–H and O–H groups in total. The molecule has 26 heavy (non-hydrogen) atoms. The van der Waals surface area contributed by atoms with Crippen molar-refractivity contribution in [2.75, 3.05) is 0 Å². The molecular formula is C20H28N4O2. The van der Waals surface area contributed by atoms with E-state index in [4.69, 9.17) is 0 Å². The molecule has 3 rings (SSSR count). The van der Waals surface area contributed by atoms with Crippen molar-refractivity contribution in [2.24, 2.45) is 5.92 Å². The smallest absolute Gasteiger partial charge is 0.220 e. The van der Waals surface area contributed by atoms with Crippen LogP contribution < -0.4 is 5.32 Å². The predicted octanol–water partition coefficient (Wildman–Crippen LogP) is 2.74. The molecule has 1 amide bonds. The highest BCUT2D eigenvalue weighted by molar-refractivity contribution is 5.76. The van der Waals surface area contributed by atoms with E-state index >= 15 is 0 Å². The first-order valence-electron chi connectivity index (χ1n) is 9.40. The first-order valence-corrected chi connectivity index (χ1v) is 9.40. The fraction of sp³-hybridized carbons (Fsp3) is 0.550. The van der Waals surface area contributed by atoms with Crippen LogP contribution in [0.5, 0.6) is 0 Å². The molecule has 6 nitrogen and oxygen atoms in total. The molecule has 0 aliphatic heterocycles. The third-order valence-corrected chi connectivity index (χ3v) is 4.86. The number of aliphatic hydroxyl groups is 1. The molecule has 6 heteroatoms. The van der Waals surface area contributed by atoms with E-state index in [1.54, 1.807) is 0 Å². The van der Waals surface area contributed by atoms with Crippen molar-refractivity contribution in [3.8, 4) is 5.69 Å². The van der Waals surface area contributed by atoms with Gasteiger partial charge in [0.15, 0.2) is 0 Å². The van der Waals surface area contributed by atoms with E-state index in [1.165, 1.54) is 0 Å². The lowest BCUT2D eigenvalue weighted by molar-refractivity contribution is -0.123. The molecule has 0 radical (unpaired) electrons. The van der Waals surface area contributed by atoms with Gasteiger partial charge < -0.3 is 10.4 Å². The third kappa shape index (κ3) is 4.30. The van der Waals surface area contributed by atoms with Crippen LogP contribution in [0.4, 0.5) is 0 Å². The molecule has 1 heterocycles. The number of rotatable bonds is 5. The number of benzene rings is 1. The van der Waals surface area contributed by atoms with Gasteiger partial charge in [-0.3, -0.25) is 4.79 Å². The van der Waals surface area contributed by atoms with Crippen molar-refractivity contribution < 1.29 is 9.90 Å². The summed E-state index contributed by atoms with van der Waals surface area (Å²) in [5.74, 6) is 2.10. The highest BCUT2D eigenvalue weighted by atomic mass is 16.3. The first-order chi connectivity index (χ1) is 12.4. The van der Waals surface area contributed by atoms with Crippen LogP contribution in [0.25, 0.3) is 5.69 Å². The second-order valence-electron chi connectivity index (χ2n) is 7.61. The Bertz CT molecular complexity index is 742. The standard InChI is InChI=1S/C20H28N4O2/c1-13(2)11-19(26)22-17-12-15(9-10-18(17)25)20-21-14(3)23-24(20)16-7-5-4-6-8-16/h4-8,13,15,17-18,25H,9-12H2,1-3H3,(H,22,26)/t15-,17+,18+/m0/s1. The van der Waals surface area contributed by atoms with Gasteiger partial charge >= 0.3 is 0 Å². The second kappa shape index (κ2) is 7.99. The lowest BCUT2D eigenvalue weighted by Crippen LogP contribution is -2.47. The Kier molecular flexibility index (Phi) is 5.71. The maximum Gasteiger partial charge on any atom is 0.220 e. The Hall–Kier alpha value is -2.21. The zero-order valence-corrected chi connectivity index (χ0v) is 15.7. The molecule has 2 aromatic rings. The minimum absolute atomic E-state index is 0.00501. The molecule has 1 saturated carbocycles. The molecule has 0 unspecified atom stereocenters. The summed E-state index contributed by atoms with van der Waals surface area (Å²) in [5, 5.41) is 17.9. The number of carbonyl (C=O) groups is 1. The Labute approximate surface area is 154 Å². The number of hydrogen-bond acceptors (Lipinski definition) is 4. The molecule has 1 aromatic carbocycles. The van der Waals surface area contributed by atoms with Gasteiger partial charge in [-0.1, -0.05) is 32.0 Å². The predicted molar refractivity (Wildman–Crippen MR) is 100 cm³/mol. The van der Waals surface area contributed by atoms with Crippen LogP contribution in [0, 0.1) is 12.8 Å². The maximum absolute atomic E-state index is 12.1. The Morgan fingerprint density at radius 1 is 1.31 bits per heavy atom. The fourth-order valence-corrected chi connectivity index (χ4v) is 3.64. The van der Waals surface area contributed by atoms with Crippen molar-refractivity contribution in [2.45, 2.75) is 64.5 Å². The molecule has 140 valence electrons. The second-order valence-corrected chi connectivity index (χ2v) is 7.61. The summed E-state index contributed by atoms with van der Waals surface area (Å²) < 4.78 is 1.89. The molecule has 0 bridgehead atoms. The van der Waals surface area contributed by atoms with Gasteiger partial charge in [0.25, 0.3) is 0 Å². The lowest BCUT2D eigenvalue weighted by atomic mass is 9.83. The molecule has 1 aromatic heterocycles. The van der Waals surface area contributed by atoms with Crippen LogP contribution in [0.15, 0.2) is 30.3 Å². The number of aryl methyl sites for hydroxylation is 1. The summed E-state index contributed by atoms with van der Waals surface area (Å²) in [6.45, 7) is 5.93. The topological polar surface area (TPSA) is 80.0 Å². The van der Waals surface area contributed by atoms with Gasteiger partial charge in [-0.2, -0.15) is 5.10 Å². The number of nitrogens with zero attached hydrogens (tertiary/aromatic N) is 3. The van der Waals surface area contributed by atoms with Gasteiger partial charge in [0, 0.05) is 12.3 Å². The minimum atomic E-state index is -0.503. The van der Waals surface area contributed by atoms with E-state index in [0.29, 0.717) is 25.2 Å². The molecule has 3 atom stereocenters. The molecule has 1 aliphatic carbocycles. The summed E-state index contributed by atoms with van der Waals surface area (Å²) in [6, 6.07) is 9.73. The maximum atomic E-state index is 12.1. The van der Waals surface area contributed by atoms with Crippen molar-refractivity contribution in [1.29, 1.82) is 0 Å². The largest absolute Gasteiger partial charge is 0.391 e. The number of carbonyl (C=O) groups excluding carboxylic acids is 1. The van der Waals surface area contributed by atoms with Gasteiger partial charge in [-0.25, -0.2) is 9.67 Å². The first kappa shape index (κ1) is 18.6. The third-order valence-electron chi connectivity index (χ3n) is 4.86. The van der Waals surface area contributed by atoms with Gasteiger partial charge in [0.05, 0.1) is 17.8 Å². The van der Waals surface area contributed by atoms with Crippen LogP contribution in [-0.4, -0.2) is 37.9 Å². The van der Waals surface area contributed by atoms with Gasteiger partial charge in [-0.15, -0.1) is 0 Å². The Morgan fingerprint density at radius 3 is 2.73 bits per heavy atom. The molecule has 0 saturated heterocycles. The van der Waals surface area contributed by atoms with Crippen LogP contribution in [0.1, 0.15) is 57.1 Å². The summed E-state index contributed by atoms with van der Waals surface area (Å²) in [7, 11) is 0. The van der Waals surface area contributed by atoms with Gasteiger partial charge in [0.1, 0.15) is 11.6 Å². The minimum Gasteiger partial charge on any atom is -0.391 e. The quantitative estimate of drug-likeness (QED) is 0.863. The summed E-state index contributed by atoms with van der Waals surface area (Å²) in [6.07, 6.45) is 2.14. The summed E-state index contributed by atoms with van der Waals surface area (Å²) >= 11 is 0. The van der Waals surface area contributed by atoms with Crippen molar-refractivity contribution >= 4 is 5.91 Å². The van der Waals surface area contributed by atoms with E-state index in [1.807, 2.05) is 55.8 Å².